The Labute approximate surface area is 100 Å². The maximum Gasteiger partial charge on any atom is 0.339 e. The third-order valence-electron chi connectivity index (χ3n) is 1.87. The summed E-state index contributed by atoms with van der Waals surface area (Å²) < 4.78 is 9.59. The van der Waals surface area contributed by atoms with Gasteiger partial charge in [-0.15, -0.1) is 0 Å². The van der Waals surface area contributed by atoms with Crippen molar-refractivity contribution in [1.29, 1.82) is 0 Å². The standard InChI is InChI=1S/C10H18ClNO4/c1-5-10(12,7(13)15-6-11)8(14)16-9(2,3)4/h5-6,12H2,1-4H3. The summed E-state index contributed by atoms with van der Waals surface area (Å²) in [5, 5.41) is 0. The van der Waals surface area contributed by atoms with Crippen molar-refractivity contribution in [2.75, 3.05) is 6.07 Å². The molecule has 0 radical (unpaired) electrons. The minimum Gasteiger partial charge on any atom is -0.458 e. The molecular formula is C10H18ClNO4. The number of halogens is 1. The van der Waals surface area contributed by atoms with Gasteiger partial charge in [0.05, 0.1) is 0 Å². The zero-order valence-electron chi connectivity index (χ0n) is 10.0. The van der Waals surface area contributed by atoms with E-state index in [1.165, 1.54) is 0 Å². The maximum absolute atomic E-state index is 11.7. The fourth-order valence-electron chi connectivity index (χ4n) is 0.919. The SMILES string of the molecule is CCC(N)(C(=O)OCCl)C(=O)OC(C)(C)C. The predicted octanol–water partition coefficient (Wildman–Crippen LogP) is 1.18. The van der Waals surface area contributed by atoms with Crippen molar-refractivity contribution in [3.63, 3.8) is 0 Å². The van der Waals surface area contributed by atoms with Crippen LogP contribution in [0.15, 0.2) is 0 Å². The molecular weight excluding hydrogens is 234 g/mol. The van der Waals surface area contributed by atoms with Crippen LogP contribution in [0.4, 0.5) is 0 Å². The smallest absolute Gasteiger partial charge is 0.339 e. The first-order valence-electron chi connectivity index (χ1n) is 4.93. The molecule has 0 aromatic carbocycles. The molecule has 0 aliphatic heterocycles. The fraction of sp³-hybridized carbons (Fsp3) is 0.800. The van der Waals surface area contributed by atoms with E-state index in [0.29, 0.717) is 0 Å². The Morgan fingerprint density at radius 2 is 1.75 bits per heavy atom. The Balaban J connectivity index is 4.82. The van der Waals surface area contributed by atoms with E-state index in [4.69, 9.17) is 22.1 Å². The molecule has 0 aliphatic carbocycles. The Hall–Kier alpha value is -0.810. The van der Waals surface area contributed by atoms with E-state index in [-0.39, 0.29) is 12.5 Å². The van der Waals surface area contributed by atoms with Crippen molar-refractivity contribution in [2.24, 2.45) is 5.73 Å². The number of rotatable bonds is 4. The van der Waals surface area contributed by atoms with Gasteiger partial charge in [-0.05, 0) is 27.2 Å². The molecule has 0 rings (SSSR count). The fourth-order valence-corrected chi connectivity index (χ4v) is 1.02. The van der Waals surface area contributed by atoms with Crippen molar-refractivity contribution < 1.29 is 19.1 Å². The van der Waals surface area contributed by atoms with Gasteiger partial charge in [-0.3, -0.25) is 0 Å². The van der Waals surface area contributed by atoms with Gasteiger partial charge in [-0.25, -0.2) is 9.59 Å². The van der Waals surface area contributed by atoms with Crippen molar-refractivity contribution >= 4 is 23.5 Å². The summed E-state index contributed by atoms with van der Waals surface area (Å²) in [6.45, 7) is 6.66. The zero-order chi connectivity index (χ0) is 13.0. The second kappa shape index (κ2) is 5.50. The van der Waals surface area contributed by atoms with Gasteiger partial charge >= 0.3 is 11.9 Å². The molecule has 0 saturated carbocycles. The highest BCUT2D eigenvalue weighted by atomic mass is 35.5. The van der Waals surface area contributed by atoms with E-state index in [1.54, 1.807) is 27.7 Å². The number of nitrogens with two attached hydrogens (primary N) is 1. The summed E-state index contributed by atoms with van der Waals surface area (Å²) in [4.78, 5) is 23.2. The van der Waals surface area contributed by atoms with Crippen molar-refractivity contribution in [3.05, 3.63) is 0 Å². The predicted molar refractivity (Wildman–Crippen MR) is 59.9 cm³/mol. The van der Waals surface area contributed by atoms with E-state index in [2.05, 4.69) is 4.74 Å². The van der Waals surface area contributed by atoms with Crippen LogP contribution < -0.4 is 5.73 Å². The molecule has 1 atom stereocenters. The summed E-state index contributed by atoms with van der Waals surface area (Å²) in [6, 6.07) is -0.347. The molecule has 0 saturated heterocycles. The number of esters is 2. The van der Waals surface area contributed by atoms with Gasteiger partial charge in [0.15, 0.2) is 6.07 Å². The van der Waals surface area contributed by atoms with Gasteiger partial charge in [0.1, 0.15) is 5.60 Å². The topological polar surface area (TPSA) is 78.6 Å². The molecule has 0 aromatic rings. The third-order valence-corrected chi connectivity index (χ3v) is 1.98. The molecule has 0 fully saturated rings. The molecule has 0 spiro atoms. The molecule has 6 heteroatoms. The Kier molecular flexibility index (Phi) is 5.22. The summed E-state index contributed by atoms with van der Waals surface area (Å²) >= 11 is 5.25. The van der Waals surface area contributed by atoms with Gasteiger partial charge in [0.25, 0.3) is 0 Å². The summed E-state index contributed by atoms with van der Waals surface area (Å²) in [5.74, 6) is -1.68. The number of carbonyl (C=O) groups is 2. The van der Waals surface area contributed by atoms with E-state index < -0.39 is 23.1 Å². The number of carbonyl (C=O) groups excluding carboxylic acids is 2. The van der Waals surface area contributed by atoms with Gasteiger partial charge in [0, 0.05) is 0 Å². The molecule has 2 N–H and O–H groups in total. The molecule has 0 heterocycles. The molecule has 1 unspecified atom stereocenters. The Morgan fingerprint density at radius 3 is 2.06 bits per heavy atom. The summed E-state index contributed by atoms with van der Waals surface area (Å²) in [5.41, 5.74) is 3.17. The normalized spacial score (nSPS) is 15.1. The minimum atomic E-state index is -1.79. The van der Waals surface area contributed by atoms with Crippen molar-refractivity contribution in [3.8, 4) is 0 Å². The third kappa shape index (κ3) is 3.98. The first kappa shape index (κ1) is 15.2. The highest BCUT2D eigenvalue weighted by Gasteiger charge is 2.45. The van der Waals surface area contributed by atoms with Crippen molar-refractivity contribution in [1.82, 2.24) is 0 Å². The molecule has 0 aliphatic rings. The van der Waals surface area contributed by atoms with Crippen LogP contribution in [0.5, 0.6) is 0 Å². The van der Waals surface area contributed by atoms with Crippen LogP contribution in [-0.4, -0.2) is 29.1 Å². The van der Waals surface area contributed by atoms with Crippen LogP contribution in [0.1, 0.15) is 34.1 Å². The van der Waals surface area contributed by atoms with E-state index >= 15 is 0 Å². The van der Waals surface area contributed by atoms with Gasteiger partial charge in [-0.1, -0.05) is 18.5 Å². The highest BCUT2D eigenvalue weighted by molar-refractivity contribution is 6.18. The number of hydrogen-bond acceptors (Lipinski definition) is 5. The zero-order valence-corrected chi connectivity index (χ0v) is 10.8. The minimum absolute atomic E-state index is 0.0810. The molecule has 0 bridgehead atoms. The quantitative estimate of drug-likeness (QED) is 0.461. The van der Waals surface area contributed by atoms with E-state index in [0.717, 1.165) is 0 Å². The Bertz CT molecular complexity index is 274. The van der Waals surface area contributed by atoms with E-state index in [1.807, 2.05) is 0 Å². The largest absolute Gasteiger partial charge is 0.458 e. The van der Waals surface area contributed by atoms with Crippen molar-refractivity contribution in [2.45, 2.75) is 45.3 Å². The second-order valence-corrected chi connectivity index (χ2v) is 4.59. The molecule has 0 amide bonds. The van der Waals surface area contributed by atoms with Crippen LogP contribution in [0.2, 0.25) is 0 Å². The first-order valence-corrected chi connectivity index (χ1v) is 5.46. The number of hydrogen-bond donors (Lipinski definition) is 1. The number of ether oxygens (including phenoxy) is 2. The second-order valence-electron chi connectivity index (χ2n) is 4.37. The summed E-state index contributed by atoms with van der Waals surface area (Å²) in [7, 11) is 0. The Morgan fingerprint density at radius 1 is 1.25 bits per heavy atom. The maximum atomic E-state index is 11.7. The van der Waals surface area contributed by atoms with Crippen LogP contribution in [0.3, 0.4) is 0 Å². The lowest BCUT2D eigenvalue weighted by molar-refractivity contribution is -0.171. The summed E-state index contributed by atoms with van der Waals surface area (Å²) in [6.07, 6.45) is 0.0810. The van der Waals surface area contributed by atoms with Crippen LogP contribution in [0, 0.1) is 0 Å². The number of alkyl halides is 1. The average Bonchev–Trinajstić information content (AvgIpc) is 2.14. The monoisotopic (exact) mass is 251 g/mol. The van der Waals surface area contributed by atoms with Gasteiger partial charge in [-0.2, -0.15) is 0 Å². The lowest BCUT2D eigenvalue weighted by Gasteiger charge is -2.28. The van der Waals surface area contributed by atoms with Crippen LogP contribution in [-0.2, 0) is 19.1 Å². The van der Waals surface area contributed by atoms with Crippen LogP contribution in [0.25, 0.3) is 0 Å². The highest BCUT2D eigenvalue weighted by Crippen LogP contribution is 2.17. The molecule has 0 aromatic heterocycles. The van der Waals surface area contributed by atoms with Gasteiger partial charge in [0.2, 0.25) is 5.54 Å². The molecule has 5 nitrogen and oxygen atoms in total. The lowest BCUT2D eigenvalue weighted by Crippen LogP contribution is -2.57. The van der Waals surface area contributed by atoms with E-state index in [9.17, 15) is 9.59 Å². The average molecular weight is 252 g/mol. The van der Waals surface area contributed by atoms with Crippen LogP contribution >= 0.6 is 11.6 Å². The lowest BCUT2D eigenvalue weighted by atomic mass is 9.97. The molecule has 94 valence electrons. The first-order chi connectivity index (χ1) is 7.17. The molecule has 16 heavy (non-hydrogen) atoms. The van der Waals surface area contributed by atoms with Gasteiger partial charge < -0.3 is 15.2 Å².